The Bertz CT molecular complexity index is 610. The van der Waals surface area contributed by atoms with Crippen molar-refractivity contribution >= 4 is 5.78 Å². The zero-order valence-electron chi connectivity index (χ0n) is 18.9. The van der Waals surface area contributed by atoms with E-state index in [-0.39, 0.29) is 47.4 Å². The fourth-order valence-corrected chi connectivity index (χ4v) is 7.33. The minimum atomic E-state index is -1.11. The lowest BCUT2D eigenvalue weighted by molar-refractivity contribution is -0.226. The maximum atomic E-state index is 13.9. The average molecular weight is 413 g/mol. The molecule has 29 heavy (non-hydrogen) atoms. The number of carbonyl (C=O) groups excluding carboxylic acids is 1. The number of methoxy groups -OCH3 is 2. The third-order valence-corrected chi connectivity index (χ3v) is 9.38. The summed E-state index contributed by atoms with van der Waals surface area (Å²) >= 11 is 0. The first kappa shape index (κ1) is 23.1. The summed E-state index contributed by atoms with van der Waals surface area (Å²) < 4.78 is 17.5. The zero-order valence-corrected chi connectivity index (χ0v) is 18.9. The normalized spacial score (nSPS) is 48.7. The molecule has 0 spiro atoms. The number of ketones is 1. The fraction of sp³-hybridized carbons (Fsp3) is 0.957. The van der Waals surface area contributed by atoms with Gasteiger partial charge in [-0.05, 0) is 56.3 Å². The van der Waals surface area contributed by atoms with E-state index in [9.17, 15) is 15.0 Å². The van der Waals surface area contributed by atoms with E-state index in [1.54, 1.807) is 21.1 Å². The SMILES string of the molecule is COCO[C@@H]1C[C@@](C)(C(O)CO)C(=O)[C@H](C)C23CCC(OC)C2[C@@]1(C)[C@H](C)CC3. The molecule has 3 fully saturated rings. The molecule has 0 radical (unpaired) electrons. The molecule has 3 aliphatic rings. The van der Waals surface area contributed by atoms with Gasteiger partial charge in [0.1, 0.15) is 12.6 Å². The Morgan fingerprint density at radius 2 is 1.83 bits per heavy atom. The van der Waals surface area contributed by atoms with Gasteiger partial charge in [-0.25, -0.2) is 0 Å². The highest BCUT2D eigenvalue weighted by atomic mass is 16.7. The number of ether oxygens (including phenoxy) is 3. The van der Waals surface area contributed by atoms with Crippen LogP contribution in [0.15, 0.2) is 0 Å². The monoisotopic (exact) mass is 412 g/mol. The Labute approximate surface area is 175 Å². The third-order valence-electron chi connectivity index (χ3n) is 9.38. The second-order valence-corrected chi connectivity index (χ2v) is 10.3. The predicted octanol–water partition coefficient (Wildman–Crippen LogP) is 2.79. The van der Waals surface area contributed by atoms with Crippen LogP contribution in [0.4, 0.5) is 0 Å². The molecule has 6 nitrogen and oxygen atoms in total. The predicted molar refractivity (Wildman–Crippen MR) is 109 cm³/mol. The highest BCUT2D eigenvalue weighted by molar-refractivity contribution is 5.88. The molecule has 0 aliphatic heterocycles. The van der Waals surface area contributed by atoms with Gasteiger partial charge in [-0.1, -0.05) is 20.8 Å². The molecule has 0 aromatic rings. The van der Waals surface area contributed by atoms with Gasteiger partial charge >= 0.3 is 0 Å². The van der Waals surface area contributed by atoms with Crippen molar-refractivity contribution in [2.45, 2.75) is 78.1 Å². The minimum Gasteiger partial charge on any atom is -0.394 e. The van der Waals surface area contributed by atoms with Crippen LogP contribution < -0.4 is 0 Å². The molecule has 4 unspecified atom stereocenters. The van der Waals surface area contributed by atoms with Crippen LogP contribution >= 0.6 is 0 Å². The maximum absolute atomic E-state index is 13.9. The first-order valence-corrected chi connectivity index (χ1v) is 11.1. The van der Waals surface area contributed by atoms with Gasteiger partial charge in [0.2, 0.25) is 0 Å². The minimum absolute atomic E-state index is 0.0448. The first-order valence-electron chi connectivity index (χ1n) is 11.1. The Morgan fingerprint density at radius 3 is 2.41 bits per heavy atom. The van der Waals surface area contributed by atoms with E-state index in [4.69, 9.17) is 14.2 Å². The van der Waals surface area contributed by atoms with Gasteiger partial charge in [-0.2, -0.15) is 0 Å². The quantitative estimate of drug-likeness (QED) is 0.653. The lowest BCUT2D eigenvalue weighted by Crippen LogP contribution is -2.64. The molecule has 3 rings (SSSR count). The van der Waals surface area contributed by atoms with Crippen molar-refractivity contribution in [2.75, 3.05) is 27.6 Å². The zero-order chi connectivity index (χ0) is 21.6. The highest BCUT2D eigenvalue weighted by Gasteiger charge is 2.68. The van der Waals surface area contributed by atoms with Crippen molar-refractivity contribution in [3.63, 3.8) is 0 Å². The molecule has 0 saturated heterocycles. The summed E-state index contributed by atoms with van der Waals surface area (Å²) in [6.45, 7) is 8.13. The topological polar surface area (TPSA) is 85.2 Å². The molecule has 0 heterocycles. The van der Waals surface area contributed by atoms with Crippen molar-refractivity contribution in [1.82, 2.24) is 0 Å². The first-order chi connectivity index (χ1) is 13.6. The second kappa shape index (κ2) is 8.19. The van der Waals surface area contributed by atoms with E-state index in [0.29, 0.717) is 12.3 Å². The Morgan fingerprint density at radius 1 is 1.17 bits per heavy atom. The molecule has 9 atom stereocenters. The van der Waals surface area contributed by atoms with E-state index < -0.39 is 18.1 Å². The van der Waals surface area contributed by atoms with E-state index in [1.165, 1.54) is 0 Å². The summed E-state index contributed by atoms with van der Waals surface area (Å²) in [5.41, 5.74) is -1.45. The lowest BCUT2D eigenvalue weighted by atomic mass is 9.43. The Hall–Kier alpha value is -0.530. The van der Waals surface area contributed by atoms with Crippen LogP contribution in [0.5, 0.6) is 0 Å². The van der Waals surface area contributed by atoms with Crippen LogP contribution in [0.3, 0.4) is 0 Å². The summed E-state index contributed by atoms with van der Waals surface area (Å²) in [7, 11) is 3.38. The maximum Gasteiger partial charge on any atom is 0.146 e. The lowest BCUT2D eigenvalue weighted by Gasteiger charge is -2.62. The smallest absolute Gasteiger partial charge is 0.146 e. The molecule has 0 amide bonds. The molecule has 3 aliphatic carbocycles. The molecule has 0 aromatic heterocycles. The van der Waals surface area contributed by atoms with Crippen molar-refractivity contribution in [3.05, 3.63) is 0 Å². The van der Waals surface area contributed by atoms with Crippen LogP contribution in [0.2, 0.25) is 0 Å². The number of aliphatic hydroxyl groups is 2. The average Bonchev–Trinajstić information content (AvgIpc) is 3.12. The van der Waals surface area contributed by atoms with E-state index in [2.05, 4.69) is 13.8 Å². The standard InChI is InChI=1S/C23H40O6/c1-14-7-9-23-10-8-16(28-6)19(23)22(14,4)18(29-13-27-5)11-21(3,17(25)12-24)20(26)15(23)2/h14-19,24-25H,7-13H2,1-6H3/t14-,15+,16?,17?,18-,19?,21+,22+,23?/m1/s1. The summed E-state index contributed by atoms with van der Waals surface area (Å²) in [6, 6.07) is 0. The van der Waals surface area contributed by atoms with Crippen LogP contribution in [-0.4, -0.2) is 61.9 Å². The number of carbonyl (C=O) groups is 1. The Kier molecular flexibility index (Phi) is 6.54. The van der Waals surface area contributed by atoms with Crippen molar-refractivity contribution < 1.29 is 29.2 Å². The van der Waals surface area contributed by atoms with Gasteiger partial charge in [-0.3, -0.25) is 4.79 Å². The van der Waals surface area contributed by atoms with Crippen molar-refractivity contribution in [1.29, 1.82) is 0 Å². The molecule has 2 bridgehead atoms. The van der Waals surface area contributed by atoms with Crippen LogP contribution in [0, 0.1) is 34.0 Å². The number of hydrogen-bond donors (Lipinski definition) is 2. The molecule has 3 saturated carbocycles. The van der Waals surface area contributed by atoms with E-state index in [1.807, 2.05) is 6.92 Å². The van der Waals surface area contributed by atoms with Gasteiger partial charge in [0.25, 0.3) is 0 Å². The largest absolute Gasteiger partial charge is 0.394 e. The van der Waals surface area contributed by atoms with Gasteiger partial charge in [0.05, 0.1) is 30.3 Å². The second-order valence-electron chi connectivity index (χ2n) is 10.3. The third kappa shape index (κ3) is 3.21. The summed E-state index contributed by atoms with van der Waals surface area (Å²) in [4.78, 5) is 13.9. The summed E-state index contributed by atoms with van der Waals surface area (Å²) in [6.07, 6.45) is 3.00. The number of rotatable bonds is 6. The van der Waals surface area contributed by atoms with Crippen LogP contribution in [-0.2, 0) is 19.0 Å². The summed E-state index contributed by atoms with van der Waals surface area (Å²) in [5, 5.41) is 20.5. The van der Waals surface area contributed by atoms with Gasteiger partial charge in [0.15, 0.2) is 0 Å². The summed E-state index contributed by atoms with van der Waals surface area (Å²) in [5.74, 6) is 0.437. The van der Waals surface area contributed by atoms with Gasteiger partial charge in [-0.15, -0.1) is 0 Å². The molecular weight excluding hydrogens is 372 g/mol. The van der Waals surface area contributed by atoms with E-state index in [0.717, 1.165) is 25.7 Å². The number of aliphatic hydroxyl groups excluding tert-OH is 2. The van der Waals surface area contributed by atoms with E-state index >= 15 is 0 Å². The Balaban J connectivity index is 2.20. The highest BCUT2D eigenvalue weighted by Crippen LogP contribution is 2.68. The van der Waals surface area contributed by atoms with Crippen LogP contribution in [0.25, 0.3) is 0 Å². The van der Waals surface area contributed by atoms with Crippen molar-refractivity contribution in [2.24, 2.45) is 34.0 Å². The molecule has 6 heteroatoms. The van der Waals surface area contributed by atoms with Crippen LogP contribution in [0.1, 0.15) is 59.8 Å². The molecule has 2 N–H and O–H groups in total. The number of Topliss-reactive ketones (excluding diaryl/α,β-unsaturated/α-hetero) is 1. The fourth-order valence-electron chi connectivity index (χ4n) is 7.33. The number of hydrogen-bond acceptors (Lipinski definition) is 6. The molecular formula is C23H40O6. The molecule has 0 aromatic carbocycles. The van der Waals surface area contributed by atoms with Crippen molar-refractivity contribution in [3.8, 4) is 0 Å². The van der Waals surface area contributed by atoms with Gasteiger partial charge in [0, 0.05) is 25.6 Å². The molecule has 168 valence electrons. The van der Waals surface area contributed by atoms with Gasteiger partial charge < -0.3 is 24.4 Å².